The molecule has 0 fully saturated rings. The van der Waals surface area contributed by atoms with Gasteiger partial charge < -0.3 is 10.5 Å². The standard InChI is InChI=1S/C16H17BrFNO/c1-20-15-5-6-16(17)12(10-15)9-14(19)8-11-3-2-4-13(18)7-11/h2-7,10,14H,8-9,19H2,1H3. The van der Waals surface area contributed by atoms with Crippen LogP contribution in [0.3, 0.4) is 0 Å². The van der Waals surface area contributed by atoms with E-state index in [1.807, 2.05) is 24.3 Å². The first-order valence-electron chi connectivity index (χ1n) is 6.41. The molecular formula is C16H17BrFNO. The number of nitrogens with two attached hydrogens (primary N) is 1. The number of hydrogen-bond donors (Lipinski definition) is 1. The van der Waals surface area contributed by atoms with Crippen LogP contribution in [0.1, 0.15) is 11.1 Å². The van der Waals surface area contributed by atoms with Crippen LogP contribution in [0.25, 0.3) is 0 Å². The highest BCUT2D eigenvalue weighted by Crippen LogP contribution is 2.24. The van der Waals surface area contributed by atoms with E-state index in [1.54, 1.807) is 13.2 Å². The van der Waals surface area contributed by atoms with Crippen LogP contribution >= 0.6 is 15.9 Å². The first-order valence-corrected chi connectivity index (χ1v) is 7.20. The Balaban J connectivity index is 2.06. The Morgan fingerprint density at radius 3 is 2.70 bits per heavy atom. The zero-order valence-electron chi connectivity index (χ0n) is 11.3. The normalized spacial score (nSPS) is 12.2. The van der Waals surface area contributed by atoms with E-state index < -0.39 is 0 Å². The van der Waals surface area contributed by atoms with E-state index in [4.69, 9.17) is 10.5 Å². The molecule has 0 amide bonds. The Labute approximate surface area is 126 Å². The minimum absolute atomic E-state index is 0.0693. The summed E-state index contributed by atoms with van der Waals surface area (Å²) in [7, 11) is 1.64. The molecule has 0 saturated heterocycles. The van der Waals surface area contributed by atoms with Gasteiger partial charge in [-0.25, -0.2) is 4.39 Å². The van der Waals surface area contributed by atoms with Gasteiger partial charge in [-0.1, -0.05) is 28.1 Å². The van der Waals surface area contributed by atoms with Gasteiger partial charge in [-0.05, 0) is 54.3 Å². The average Bonchev–Trinajstić information content (AvgIpc) is 2.41. The van der Waals surface area contributed by atoms with Crippen molar-refractivity contribution in [2.45, 2.75) is 18.9 Å². The summed E-state index contributed by atoms with van der Waals surface area (Å²) >= 11 is 3.51. The van der Waals surface area contributed by atoms with E-state index in [9.17, 15) is 4.39 Å². The molecule has 0 spiro atoms. The summed E-state index contributed by atoms with van der Waals surface area (Å²) in [6.45, 7) is 0. The molecule has 2 aromatic carbocycles. The highest BCUT2D eigenvalue weighted by atomic mass is 79.9. The van der Waals surface area contributed by atoms with Crippen LogP contribution < -0.4 is 10.5 Å². The first-order chi connectivity index (χ1) is 9.58. The molecule has 1 atom stereocenters. The zero-order chi connectivity index (χ0) is 14.5. The lowest BCUT2D eigenvalue weighted by Crippen LogP contribution is -2.25. The lowest BCUT2D eigenvalue weighted by Gasteiger charge is -2.14. The lowest BCUT2D eigenvalue weighted by atomic mass is 9.99. The van der Waals surface area contributed by atoms with E-state index in [1.165, 1.54) is 12.1 Å². The van der Waals surface area contributed by atoms with E-state index in [-0.39, 0.29) is 11.9 Å². The average molecular weight is 338 g/mol. The molecule has 0 saturated carbocycles. The number of ether oxygens (including phenoxy) is 1. The van der Waals surface area contributed by atoms with Crippen LogP contribution in [0.2, 0.25) is 0 Å². The number of rotatable bonds is 5. The second-order valence-electron chi connectivity index (χ2n) is 4.76. The van der Waals surface area contributed by atoms with Gasteiger partial charge >= 0.3 is 0 Å². The van der Waals surface area contributed by atoms with Crippen molar-refractivity contribution in [2.24, 2.45) is 5.73 Å². The van der Waals surface area contributed by atoms with Crippen LogP contribution in [-0.2, 0) is 12.8 Å². The van der Waals surface area contributed by atoms with Gasteiger partial charge in [-0.15, -0.1) is 0 Å². The largest absolute Gasteiger partial charge is 0.497 e. The fraction of sp³-hybridized carbons (Fsp3) is 0.250. The van der Waals surface area contributed by atoms with Crippen molar-refractivity contribution in [1.82, 2.24) is 0 Å². The molecule has 0 radical (unpaired) electrons. The molecule has 2 rings (SSSR count). The molecule has 0 aliphatic rings. The highest BCUT2D eigenvalue weighted by molar-refractivity contribution is 9.10. The van der Waals surface area contributed by atoms with Gasteiger partial charge in [-0.2, -0.15) is 0 Å². The van der Waals surface area contributed by atoms with Gasteiger partial charge in [0, 0.05) is 10.5 Å². The fourth-order valence-corrected chi connectivity index (χ4v) is 2.56. The SMILES string of the molecule is COc1ccc(Br)c(CC(N)Cc2cccc(F)c2)c1. The first kappa shape index (κ1) is 15.0. The van der Waals surface area contributed by atoms with Crippen LogP contribution in [0, 0.1) is 5.82 Å². The van der Waals surface area contributed by atoms with Crippen molar-refractivity contribution in [3.05, 3.63) is 63.9 Å². The maximum absolute atomic E-state index is 13.1. The number of methoxy groups -OCH3 is 1. The van der Waals surface area contributed by atoms with Gasteiger partial charge in [-0.3, -0.25) is 0 Å². The molecule has 0 aromatic heterocycles. The fourth-order valence-electron chi connectivity index (χ4n) is 2.16. The lowest BCUT2D eigenvalue weighted by molar-refractivity contribution is 0.414. The maximum atomic E-state index is 13.1. The predicted molar refractivity (Wildman–Crippen MR) is 82.5 cm³/mol. The molecule has 0 aliphatic carbocycles. The van der Waals surface area contributed by atoms with Crippen molar-refractivity contribution in [1.29, 1.82) is 0 Å². The summed E-state index contributed by atoms with van der Waals surface area (Å²) in [5, 5.41) is 0. The summed E-state index contributed by atoms with van der Waals surface area (Å²) < 4.78 is 19.4. The molecule has 1 unspecified atom stereocenters. The van der Waals surface area contributed by atoms with E-state index >= 15 is 0 Å². The second kappa shape index (κ2) is 6.86. The molecule has 2 aromatic rings. The van der Waals surface area contributed by atoms with Gasteiger partial charge in [0.25, 0.3) is 0 Å². The van der Waals surface area contributed by atoms with Gasteiger partial charge in [0.05, 0.1) is 7.11 Å². The summed E-state index contributed by atoms with van der Waals surface area (Å²) in [5.74, 6) is 0.582. The Bertz CT molecular complexity index is 588. The van der Waals surface area contributed by atoms with Crippen LogP contribution in [0.15, 0.2) is 46.9 Å². The Morgan fingerprint density at radius 1 is 1.20 bits per heavy atom. The van der Waals surface area contributed by atoms with E-state index in [2.05, 4.69) is 15.9 Å². The smallest absolute Gasteiger partial charge is 0.123 e. The summed E-state index contributed by atoms with van der Waals surface area (Å²) in [6.07, 6.45) is 1.34. The van der Waals surface area contributed by atoms with Gasteiger partial charge in [0.2, 0.25) is 0 Å². The van der Waals surface area contributed by atoms with Gasteiger partial charge in [0.1, 0.15) is 11.6 Å². The zero-order valence-corrected chi connectivity index (χ0v) is 12.9. The quantitative estimate of drug-likeness (QED) is 0.902. The topological polar surface area (TPSA) is 35.2 Å². The summed E-state index contributed by atoms with van der Waals surface area (Å²) in [4.78, 5) is 0. The molecular weight excluding hydrogens is 321 g/mol. The van der Waals surface area contributed by atoms with Crippen LogP contribution in [0.4, 0.5) is 4.39 Å². The third-order valence-corrected chi connectivity index (χ3v) is 3.90. The Kier molecular flexibility index (Phi) is 5.15. The minimum atomic E-state index is -0.225. The van der Waals surface area contributed by atoms with E-state index in [0.29, 0.717) is 12.8 Å². The molecule has 0 aliphatic heterocycles. The molecule has 20 heavy (non-hydrogen) atoms. The monoisotopic (exact) mass is 337 g/mol. The minimum Gasteiger partial charge on any atom is -0.497 e. The van der Waals surface area contributed by atoms with Crippen LogP contribution in [0.5, 0.6) is 5.75 Å². The third-order valence-electron chi connectivity index (χ3n) is 3.12. The molecule has 0 heterocycles. The molecule has 2 N–H and O–H groups in total. The molecule has 106 valence electrons. The summed E-state index contributed by atoms with van der Waals surface area (Å²) in [5.41, 5.74) is 8.17. The molecule has 4 heteroatoms. The van der Waals surface area contributed by atoms with E-state index in [0.717, 1.165) is 21.3 Å². The molecule has 0 bridgehead atoms. The number of hydrogen-bond acceptors (Lipinski definition) is 2. The van der Waals surface area contributed by atoms with Crippen molar-refractivity contribution >= 4 is 15.9 Å². The third kappa shape index (κ3) is 4.05. The van der Waals surface area contributed by atoms with Crippen LogP contribution in [-0.4, -0.2) is 13.2 Å². The van der Waals surface area contributed by atoms with Crippen molar-refractivity contribution in [3.8, 4) is 5.75 Å². The number of halogens is 2. The Hall–Kier alpha value is -1.39. The molecule has 2 nitrogen and oxygen atoms in total. The van der Waals surface area contributed by atoms with Gasteiger partial charge in [0.15, 0.2) is 0 Å². The second-order valence-corrected chi connectivity index (χ2v) is 5.61. The summed E-state index contributed by atoms with van der Waals surface area (Å²) in [6, 6.07) is 12.3. The van der Waals surface area contributed by atoms with Crippen molar-refractivity contribution < 1.29 is 9.13 Å². The number of benzene rings is 2. The Morgan fingerprint density at radius 2 is 2.00 bits per heavy atom. The predicted octanol–water partition coefficient (Wildman–Crippen LogP) is 3.71. The highest BCUT2D eigenvalue weighted by Gasteiger charge is 2.10. The maximum Gasteiger partial charge on any atom is 0.123 e. The van der Waals surface area contributed by atoms with Crippen molar-refractivity contribution in [2.75, 3.05) is 7.11 Å². The van der Waals surface area contributed by atoms with Crippen molar-refractivity contribution in [3.63, 3.8) is 0 Å².